The Morgan fingerprint density at radius 2 is 1.13 bits per heavy atom. The van der Waals surface area contributed by atoms with E-state index in [1.165, 1.54) is 32.1 Å². The second kappa shape index (κ2) is 8.72. The summed E-state index contributed by atoms with van der Waals surface area (Å²) in [5.74, 6) is 0. The Morgan fingerprint density at radius 3 is 1.71 bits per heavy atom. The number of hydrogen-bond acceptors (Lipinski definition) is 3. The Balaban J connectivity index is 1.60. The molecule has 1 aliphatic rings. The van der Waals surface area contributed by atoms with E-state index in [0.29, 0.717) is 5.39 Å². The molecule has 0 saturated heterocycles. The molecule has 0 fully saturated rings. The van der Waals surface area contributed by atoms with Gasteiger partial charge in [0.05, 0.1) is 11.6 Å². The highest BCUT2D eigenvalue weighted by Crippen LogP contribution is 2.39. The highest BCUT2D eigenvalue weighted by atomic mass is 28.3. The van der Waals surface area contributed by atoms with E-state index in [2.05, 4.69) is 120 Å². The number of para-hydroxylation sites is 2. The van der Waals surface area contributed by atoms with E-state index in [0.717, 1.165) is 16.6 Å². The number of hydrogen-bond donors (Lipinski definition) is 0. The maximum absolute atomic E-state index is 12.4. The number of benzene rings is 5. The normalized spacial score (nSPS) is 13.7. The van der Waals surface area contributed by atoms with Gasteiger partial charge < -0.3 is 9.32 Å². The van der Waals surface area contributed by atoms with Gasteiger partial charge in [-0.1, -0.05) is 97.1 Å². The molecular weight excluding hydrogens is 482 g/mol. The quantitative estimate of drug-likeness (QED) is 0.306. The molecule has 0 amide bonds. The molecule has 3 nitrogen and oxygen atoms in total. The van der Waals surface area contributed by atoms with Crippen LogP contribution in [0.15, 0.2) is 143 Å². The van der Waals surface area contributed by atoms with Crippen molar-refractivity contribution in [2.24, 2.45) is 0 Å². The number of anilines is 3. The van der Waals surface area contributed by atoms with E-state index in [1.807, 2.05) is 19.1 Å². The van der Waals surface area contributed by atoms with Crippen molar-refractivity contribution in [3.8, 4) is 0 Å². The minimum Gasteiger partial charge on any atom is -0.431 e. The summed E-state index contributed by atoms with van der Waals surface area (Å²) in [6.45, 7) is 1.98. The molecule has 0 atom stereocenters. The van der Waals surface area contributed by atoms with Gasteiger partial charge in [-0.15, -0.1) is 0 Å². The predicted octanol–water partition coefficient (Wildman–Crippen LogP) is 5.26. The van der Waals surface area contributed by atoms with Crippen molar-refractivity contribution < 1.29 is 4.42 Å². The van der Waals surface area contributed by atoms with Gasteiger partial charge in [-0.05, 0) is 69.0 Å². The SMILES string of the molecule is Cc1coc(=O)c2ccc(N3c4ccccc4[Si](c4ccccc4)(c4ccccc4)c4ccccc43)cc12. The first-order valence-corrected chi connectivity index (χ1v) is 14.8. The number of nitrogens with zero attached hydrogens (tertiary/aromatic N) is 1. The Bertz CT molecular complexity index is 1770. The first-order valence-electron chi connectivity index (χ1n) is 12.8. The third-order valence-electron chi connectivity index (χ3n) is 7.76. The number of rotatable bonds is 3. The molecule has 182 valence electrons. The lowest BCUT2D eigenvalue weighted by atomic mass is 10.1. The van der Waals surface area contributed by atoms with Gasteiger partial charge in [-0.25, -0.2) is 4.79 Å². The molecule has 1 aliphatic heterocycles. The first kappa shape index (κ1) is 22.5. The second-order valence-corrected chi connectivity index (χ2v) is 13.5. The summed E-state index contributed by atoms with van der Waals surface area (Å²) in [7, 11) is -2.63. The summed E-state index contributed by atoms with van der Waals surface area (Å²) < 4.78 is 5.23. The van der Waals surface area contributed by atoms with Crippen molar-refractivity contribution in [1.29, 1.82) is 0 Å². The first-order chi connectivity index (χ1) is 18.7. The summed E-state index contributed by atoms with van der Waals surface area (Å²) in [5.41, 5.74) is 4.00. The van der Waals surface area contributed by atoms with Gasteiger partial charge in [0.25, 0.3) is 0 Å². The lowest BCUT2D eigenvalue weighted by Gasteiger charge is -2.45. The summed E-state index contributed by atoms with van der Waals surface area (Å²) in [6, 6.07) is 45.7. The Labute approximate surface area is 222 Å². The third-order valence-corrected chi connectivity index (χ3v) is 12.6. The van der Waals surface area contributed by atoms with Gasteiger partial charge in [0, 0.05) is 17.1 Å². The van der Waals surface area contributed by atoms with Crippen LogP contribution in [0.5, 0.6) is 0 Å². The lowest BCUT2D eigenvalue weighted by molar-refractivity contribution is 0.516. The molecule has 1 aromatic heterocycles. The highest BCUT2D eigenvalue weighted by Gasteiger charge is 2.48. The van der Waals surface area contributed by atoms with E-state index in [1.54, 1.807) is 6.26 Å². The van der Waals surface area contributed by atoms with Crippen molar-refractivity contribution >= 4 is 56.7 Å². The monoisotopic (exact) mass is 507 g/mol. The zero-order valence-corrected chi connectivity index (χ0v) is 22.0. The van der Waals surface area contributed by atoms with E-state index in [-0.39, 0.29) is 5.63 Å². The van der Waals surface area contributed by atoms with Crippen molar-refractivity contribution in [3.05, 3.63) is 150 Å². The molecule has 7 rings (SSSR count). The zero-order valence-electron chi connectivity index (χ0n) is 21.0. The fourth-order valence-electron chi connectivity index (χ4n) is 6.13. The van der Waals surface area contributed by atoms with Crippen molar-refractivity contribution in [2.45, 2.75) is 6.92 Å². The molecule has 0 bridgehead atoms. The Hall–Kier alpha value is -4.67. The molecule has 4 heteroatoms. The summed E-state index contributed by atoms with van der Waals surface area (Å²) in [5, 5.41) is 6.93. The van der Waals surface area contributed by atoms with E-state index >= 15 is 0 Å². The lowest BCUT2D eigenvalue weighted by Crippen LogP contribution is -2.77. The molecule has 0 unspecified atom stereocenters. The standard InChI is InChI=1S/C34H25NO2Si/c1-24-23-37-34(36)28-21-20-25(22-29(24)28)35-30-16-8-10-18-32(30)38(26-12-4-2-5-13-26,27-14-6-3-7-15-27)33-19-11-9-17-31(33)35/h2-23H,1H3. The Morgan fingerprint density at radius 1 is 0.605 bits per heavy atom. The van der Waals surface area contributed by atoms with Gasteiger partial charge in [-0.3, -0.25) is 0 Å². The van der Waals surface area contributed by atoms with Crippen molar-refractivity contribution in [1.82, 2.24) is 0 Å². The molecule has 0 spiro atoms. The Kier molecular flexibility index (Phi) is 5.17. The van der Waals surface area contributed by atoms with Crippen LogP contribution in [-0.2, 0) is 0 Å². The average Bonchev–Trinajstić information content (AvgIpc) is 2.98. The summed E-state index contributed by atoms with van der Waals surface area (Å²) >= 11 is 0. The number of aryl methyl sites for hydroxylation is 1. The van der Waals surface area contributed by atoms with Crippen LogP contribution in [0.25, 0.3) is 10.8 Å². The maximum Gasteiger partial charge on any atom is 0.343 e. The van der Waals surface area contributed by atoms with Gasteiger partial charge >= 0.3 is 5.63 Å². The van der Waals surface area contributed by atoms with Crippen molar-refractivity contribution in [3.63, 3.8) is 0 Å². The van der Waals surface area contributed by atoms with E-state index in [9.17, 15) is 4.79 Å². The highest BCUT2D eigenvalue weighted by molar-refractivity contribution is 7.21. The molecule has 38 heavy (non-hydrogen) atoms. The molecule has 0 N–H and O–H groups in total. The molecular formula is C34H25NO2Si. The topological polar surface area (TPSA) is 33.5 Å². The van der Waals surface area contributed by atoms with Crippen LogP contribution >= 0.6 is 0 Å². The molecule has 2 heterocycles. The number of fused-ring (bicyclic) bond motifs is 3. The van der Waals surface area contributed by atoms with Crippen LogP contribution in [0.1, 0.15) is 5.56 Å². The maximum atomic E-state index is 12.4. The van der Waals surface area contributed by atoms with Crippen LogP contribution in [0.4, 0.5) is 17.1 Å². The van der Waals surface area contributed by atoms with Gasteiger partial charge in [0.1, 0.15) is 0 Å². The third kappa shape index (κ3) is 3.17. The van der Waals surface area contributed by atoms with Crippen LogP contribution in [-0.4, -0.2) is 8.07 Å². The predicted molar refractivity (Wildman–Crippen MR) is 159 cm³/mol. The minimum atomic E-state index is -2.63. The largest absolute Gasteiger partial charge is 0.431 e. The fraction of sp³-hybridized carbons (Fsp3) is 0.0294. The average molecular weight is 508 g/mol. The van der Waals surface area contributed by atoms with E-state index in [4.69, 9.17) is 4.42 Å². The van der Waals surface area contributed by atoms with Gasteiger partial charge in [-0.2, -0.15) is 0 Å². The van der Waals surface area contributed by atoms with Crippen LogP contribution in [0.3, 0.4) is 0 Å². The van der Waals surface area contributed by atoms with Crippen LogP contribution < -0.4 is 31.3 Å². The van der Waals surface area contributed by atoms with Gasteiger partial charge in [0.15, 0.2) is 8.07 Å². The van der Waals surface area contributed by atoms with E-state index < -0.39 is 8.07 Å². The zero-order chi connectivity index (χ0) is 25.7. The molecule has 0 radical (unpaired) electrons. The molecule has 6 aromatic rings. The van der Waals surface area contributed by atoms with Crippen LogP contribution in [0, 0.1) is 6.92 Å². The summed E-state index contributed by atoms with van der Waals surface area (Å²) in [4.78, 5) is 14.8. The van der Waals surface area contributed by atoms with Gasteiger partial charge in [0.2, 0.25) is 0 Å². The summed E-state index contributed by atoms with van der Waals surface area (Å²) in [6.07, 6.45) is 1.55. The molecule has 0 saturated carbocycles. The molecule has 0 aliphatic carbocycles. The van der Waals surface area contributed by atoms with Crippen LogP contribution in [0.2, 0.25) is 0 Å². The molecule has 5 aromatic carbocycles. The second-order valence-electron chi connectivity index (χ2n) is 9.79. The fourth-order valence-corrected chi connectivity index (χ4v) is 11.2. The minimum absolute atomic E-state index is 0.309. The smallest absolute Gasteiger partial charge is 0.343 e. The van der Waals surface area contributed by atoms with Crippen molar-refractivity contribution in [2.75, 3.05) is 4.90 Å².